The predicted octanol–water partition coefficient (Wildman–Crippen LogP) is 0.244. The Morgan fingerprint density at radius 2 is 1.71 bits per heavy atom. The predicted molar refractivity (Wildman–Crippen MR) is 66.3 cm³/mol. The van der Waals surface area contributed by atoms with Gasteiger partial charge in [0.1, 0.15) is 0 Å². The first-order chi connectivity index (χ1) is 8.24. The average Bonchev–Trinajstić information content (AvgIpc) is 2.57. The third-order valence-electron chi connectivity index (χ3n) is 2.99. The van der Waals surface area contributed by atoms with E-state index in [1.165, 1.54) is 12.8 Å². The molecule has 0 spiro atoms. The minimum atomic E-state index is -0.0730. The third-order valence-corrected chi connectivity index (χ3v) is 2.99. The van der Waals surface area contributed by atoms with Crippen LogP contribution in [-0.4, -0.2) is 42.9 Å². The minimum Gasteiger partial charge on any atom is -0.356 e. The first kappa shape index (κ1) is 14.0. The van der Waals surface area contributed by atoms with Gasteiger partial charge in [-0.2, -0.15) is 0 Å². The molecule has 98 valence electrons. The number of nitrogens with zero attached hydrogens (tertiary/aromatic N) is 1. The molecule has 1 aliphatic rings. The highest BCUT2D eigenvalue weighted by Crippen LogP contribution is 2.10. The second kappa shape index (κ2) is 8.06. The molecule has 0 saturated carbocycles. The maximum absolute atomic E-state index is 11.8. The lowest BCUT2D eigenvalue weighted by atomic mass is 10.2. The molecule has 3 N–H and O–H groups in total. The fraction of sp³-hybridized carbons (Fsp3) is 0.833. The zero-order valence-electron chi connectivity index (χ0n) is 10.4. The summed E-state index contributed by atoms with van der Waals surface area (Å²) in [5.41, 5.74) is 5.26. The molecule has 1 heterocycles. The van der Waals surface area contributed by atoms with E-state index in [1.807, 2.05) is 4.90 Å². The topological polar surface area (TPSA) is 75.4 Å². The van der Waals surface area contributed by atoms with E-state index in [4.69, 9.17) is 5.73 Å². The molecular weight excluding hydrogens is 218 g/mol. The number of amides is 2. The lowest BCUT2D eigenvalue weighted by Crippen LogP contribution is -2.35. The van der Waals surface area contributed by atoms with Crippen LogP contribution in [0.2, 0.25) is 0 Å². The highest BCUT2D eigenvalue weighted by Gasteiger charge is 2.14. The Morgan fingerprint density at radius 1 is 1.06 bits per heavy atom. The molecule has 0 aliphatic carbocycles. The van der Waals surface area contributed by atoms with Gasteiger partial charge in [-0.05, 0) is 12.8 Å². The van der Waals surface area contributed by atoms with Crippen molar-refractivity contribution in [3.63, 3.8) is 0 Å². The molecule has 1 saturated heterocycles. The van der Waals surface area contributed by atoms with Crippen LogP contribution in [0, 0.1) is 0 Å². The van der Waals surface area contributed by atoms with Crippen molar-refractivity contribution in [1.29, 1.82) is 0 Å². The molecule has 17 heavy (non-hydrogen) atoms. The van der Waals surface area contributed by atoms with Gasteiger partial charge in [0.05, 0.1) is 0 Å². The number of hydrogen-bond donors (Lipinski definition) is 2. The molecule has 0 unspecified atom stereocenters. The number of carbonyl (C=O) groups excluding carboxylic acids is 2. The number of carbonyl (C=O) groups is 2. The highest BCUT2D eigenvalue weighted by atomic mass is 16.2. The molecule has 2 amide bonds. The molecule has 5 heteroatoms. The Kier molecular flexibility index (Phi) is 6.62. The Hall–Kier alpha value is -1.10. The smallest absolute Gasteiger partial charge is 0.224 e. The summed E-state index contributed by atoms with van der Waals surface area (Å²) in [4.78, 5) is 24.9. The highest BCUT2D eigenvalue weighted by molar-refractivity contribution is 5.79. The van der Waals surface area contributed by atoms with Crippen molar-refractivity contribution in [2.45, 2.75) is 38.5 Å². The molecule has 0 aromatic heterocycles. The summed E-state index contributed by atoms with van der Waals surface area (Å²) in [6.07, 6.45) is 5.37. The van der Waals surface area contributed by atoms with Crippen LogP contribution in [0.15, 0.2) is 0 Å². The van der Waals surface area contributed by atoms with Crippen LogP contribution in [-0.2, 0) is 9.59 Å². The first-order valence-corrected chi connectivity index (χ1v) is 6.48. The lowest BCUT2D eigenvalue weighted by Gasteiger charge is -2.20. The van der Waals surface area contributed by atoms with Gasteiger partial charge in [-0.25, -0.2) is 0 Å². The average molecular weight is 241 g/mol. The van der Waals surface area contributed by atoms with Gasteiger partial charge in [0.25, 0.3) is 0 Å². The Labute approximate surface area is 103 Å². The van der Waals surface area contributed by atoms with Gasteiger partial charge in [-0.15, -0.1) is 0 Å². The van der Waals surface area contributed by atoms with Crippen molar-refractivity contribution in [3.8, 4) is 0 Å². The summed E-state index contributed by atoms with van der Waals surface area (Å²) in [5, 5.41) is 2.70. The second-order valence-corrected chi connectivity index (χ2v) is 4.43. The van der Waals surface area contributed by atoms with Crippen molar-refractivity contribution < 1.29 is 9.59 Å². The van der Waals surface area contributed by atoms with Gasteiger partial charge in [0, 0.05) is 39.0 Å². The van der Waals surface area contributed by atoms with Gasteiger partial charge >= 0.3 is 0 Å². The number of nitrogens with one attached hydrogen (secondary N) is 1. The van der Waals surface area contributed by atoms with Crippen LogP contribution >= 0.6 is 0 Å². The summed E-state index contributed by atoms with van der Waals surface area (Å²) in [7, 11) is 0. The number of likely N-dealkylation sites (tertiary alicyclic amines) is 1. The molecule has 5 nitrogen and oxygen atoms in total. The van der Waals surface area contributed by atoms with Crippen LogP contribution in [0.1, 0.15) is 38.5 Å². The SMILES string of the molecule is NCCC(=O)NCCC(=O)N1CCCCCC1. The van der Waals surface area contributed by atoms with E-state index in [0.717, 1.165) is 25.9 Å². The first-order valence-electron chi connectivity index (χ1n) is 6.48. The van der Waals surface area contributed by atoms with Crippen molar-refractivity contribution in [2.24, 2.45) is 5.73 Å². The van der Waals surface area contributed by atoms with Gasteiger partial charge < -0.3 is 16.0 Å². The molecule has 0 aromatic rings. The van der Waals surface area contributed by atoms with Crippen molar-refractivity contribution >= 4 is 11.8 Å². The van der Waals surface area contributed by atoms with E-state index in [0.29, 0.717) is 25.9 Å². The van der Waals surface area contributed by atoms with E-state index in [9.17, 15) is 9.59 Å². The molecule has 0 radical (unpaired) electrons. The third kappa shape index (κ3) is 5.68. The molecule has 0 atom stereocenters. The van der Waals surface area contributed by atoms with E-state index >= 15 is 0 Å². The van der Waals surface area contributed by atoms with Gasteiger partial charge in [-0.1, -0.05) is 12.8 Å². The lowest BCUT2D eigenvalue weighted by molar-refractivity contribution is -0.131. The normalized spacial score (nSPS) is 16.4. The zero-order chi connectivity index (χ0) is 12.5. The van der Waals surface area contributed by atoms with Crippen molar-refractivity contribution in [2.75, 3.05) is 26.2 Å². The largest absolute Gasteiger partial charge is 0.356 e. The Balaban J connectivity index is 2.17. The maximum atomic E-state index is 11.8. The van der Waals surface area contributed by atoms with Crippen LogP contribution in [0.4, 0.5) is 0 Å². The van der Waals surface area contributed by atoms with Crippen molar-refractivity contribution in [3.05, 3.63) is 0 Å². The fourth-order valence-corrected chi connectivity index (χ4v) is 2.01. The van der Waals surface area contributed by atoms with Gasteiger partial charge in [0.15, 0.2) is 0 Å². The Morgan fingerprint density at radius 3 is 2.29 bits per heavy atom. The van der Waals surface area contributed by atoms with Crippen molar-refractivity contribution in [1.82, 2.24) is 10.2 Å². The van der Waals surface area contributed by atoms with E-state index < -0.39 is 0 Å². The van der Waals surface area contributed by atoms with Crippen LogP contribution in [0.25, 0.3) is 0 Å². The monoisotopic (exact) mass is 241 g/mol. The number of hydrogen-bond acceptors (Lipinski definition) is 3. The van der Waals surface area contributed by atoms with Crippen LogP contribution in [0.3, 0.4) is 0 Å². The molecule has 1 rings (SSSR count). The van der Waals surface area contributed by atoms with Crippen LogP contribution in [0.5, 0.6) is 0 Å². The maximum Gasteiger partial charge on any atom is 0.224 e. The quantitative estimate of drug-likeness (QED) is 0.724. The van der Waals surface area contributed by atoms with Gasteiger partial charge in [-0.3, -0.25) is 9.59 Å². The summed E-state index contributed by atoms with van der Waals surface area (Å²) >= 11 is 0. The molecular formula is C12H23N3O2. The fourth-order valence-electron chi connectivity index (χ4n) is 2.01. The number of rotatable bonds is 5. The van der Waals surface area contributed by atoms with E-state index in [-0.39, 0.29) is 11.8 Å². The molecule has 0 aromatic carbocycles. The van der Waals surface area contributed by atoms with Crippen LogP contribution < -0.4 is 11.1 Å². The molecule has 0 bridgehead atoms. The van der Waals surface area contributed by atoms with E-state index in [2.05, 4.69) is 5.32 Å². The summed E-state index contributed by atoms with van der Waals surface area (Å²) < 4.78 is 0. The number of nitrogens with two attached hydrogens (primary N) is 1. The summed E-state index contributed by atoms with van der Waals surface area (Å²) in [6.45, 7) is 2.52. The summed E-state index contributed by atoms with van der Waals surface area (Å²) in [5.74, 6) is 0.0797. The molecule has 1 aliphatic heterocycles. The van der Waals surface area contributed by atoms with Gasteiger partial charge in [0.2, 0.25) is 11.8 Å². The standard InChI is InChI=1S/C12H23N3O2/c13-7-5-11(16)14-8-6-12(17)15-9-3-1-2-4-10-15/h1-10,13H2,(H,14,16). The Bertz CT molecular complexity index is 248. The zero-order valence-corrected chi connectivity index (χ0v) is 10.4. The molecule has 1 fully saturated rings. The minimum absolute atomic E-state index is 0.0730. The van der Waals surface area contributed by atoms with E-state index in [1.54, 1.807) is 0 Å². The second-order valence-electron chi connectivity index (χ2n) is 4.43. The summed E-state index contributed by atoms with van der Waals surface area (Å²) in [6, 6.07) is 0.